The highest BCUT2D eigenvalue weighted by atomic mass is 32.2. The summed E-state index contributed by atoms with van der Waals surface area (Å²) in [6.45, 7) is 6.54. The van der Waals surface area contributed by atoms with Gasteiger partial charge < -0.3 is 5.32 Å². The van der Waals surface area contributed by atoms with Crippen LogP contribution in [0.15, 0.2) is 35.5 Å². The van der Waals surface area contributed by atoms with Crippen molar-refractivity contribution < 1.29 is 9.59 Å². The van der Waals surface area contributed by atoms with Gasteiger partial charge in [-0.15, -0.1) is 10.2 Å². The van der Waals surface area contributed by atoms with Gasteiger partial charge in [0.25, 0.3) is 0 Å². The van der Waals surface area contributed by atoms with Gasteiger partial charge in [0.1, 0.15) is 0 Å². The normalized spacial score (nSPS) is 14.7. The highest BCUT2D eigenvalue weighted by Crippen LogP contribution is 2.23. The fourth-order valence-corrected chi connectivity index (χ4v) is 4.01. The topological polar surface area (TPSA) is 92.2 Å². The van der Waals surface area contributed by atoms with Crippen LogP contribution in [0.2, 0.25) is 0 Å². The molecule has 29 heavy (non-hydrogen) atoms. The summed E-state index contributed by atoms with van der Waals surface area (Å²) in [5, 5.41) is 14.3. The van der Waals surface area contributed by atoms with Gasteiger partial charge >= 0.3 is 6.03 Å². The molecule has 1 saturated heterocycles. The van der Waals surface area contributed by atoms with Crippen LogP contribution >= 0.6 is 11.8 Å². The minimum absolute atomic E-state index is 0.0334. The summed E-state index contributed by atoms with van der Waals surface area (Å²) in [6.07, 6.45) is 3.70. The van der Waals surface area contributed by atoms with Crippen LogP contribution in [0.4, 0.5) is 4.79 Å². The van der Waals surface area contributed by atoms with Crippen molar-refractivity contribution >= 4 is 23.7 Å². The molecule has 0 radical (unpaired) electrons. The van der Waals surface area contributed by atoms with Crippen molar-refractivity contribution in [3.8, 4) is 5.69 Å². The molecule has 0 spiro atoms. The molecule has 9 heteroatoms. The van der Waals surface area contributed by atoms with E-state index in [0.29, 0.717) is 5.16 Å². The van der Waals surface area contributed by atoms with Gasteiger partial charge in [-0.25, -0.2) is 4.79 Å². The van der Waals surface area contributed by atoms with Gasteiger partial charge in [0.2, 0.25) is 5.91 Å². The van der Waals surface area contributed by atoms with Crippen LogP contribution in [0, 0.1) is 0 Å². The molecule has 1 aliphatic rings. The molecule has 0 saturated carbocycles. The Bertz CT molecular complexity index is 818. The fraction of sp³-hybridized carbons (Fsp3) is 0.500. The summed E-state index contributed by atoms with van der Waals surface area (Å²) in [4.78, 5) is 26.2. The van der Waals surface area contributed by atoms with Crippen LogP contribution in [0.5, 0.6) is 0 Å². The van der Waals surface area contributed by atoms with Crippen LogP contribution in [0.1, 0.15) is 38.9 Å². The molecule has 0 unspecified atom stereocenters. The number of thioether (sulfide) groups is 1. The van der Waals surface area contributed by atoms with Gasteiger partial charge in [-0.1, -0.05) is 36.4 Å². The molecule has 0 atom stereocenters. The number of nitrogens with one attached hydrogen (secondary N) is 2. The van der Waals surface area contributed by atoms with E-state index in [9.17, 15) is 9.59 Å². The number of aromatic nitrogens is 3. The summed E-state index contributed by atoms with van der Waals surface area (Å²) in [5.41, 5.74) is 0.963. The molecule has 156 valence electrons. The second kappa shape index (κ2) is 10.4. The molecule has 3 amide bonds. The number of hydrogen-bond donors (Lipinski definition) is 2. The van der Waals surface area contributed by atoms with Crippen LogP contribution in [-0.2, 0) is 11.3 Å². The van der Waals surface area contributed by atoms with Crippen LogP contribution in [-0.4, -0.2) is 56.5 Å². The summed E-state index contributed by atoms with van der Waals surface area (Å²) in [6, 6.07) is 9.39. The van der Waals surface area contributed by atoms with Gasteiger partial charge in [-0.05, 0) is 51.9 Å². The maximum absolute atomic E-state index is 12.1. The summed E-state index contributed by atoms with van der Waals surface area (Å²) in [7, 11) is 0. The van der Waals surface area contributed by atoms with Crippen LogP contribution in [0.25, 0.3) is 5.69 Å². The predicted octanol–water partition coefficient (Wildman–Crippen LogP) is 2.58. The third-order valence-electron chi connectivity index (χ3n) is 4.53. The van der Waals surface area contributed by atoms with Gasteiger partial charge in [-0.2, -0.15) is 0 Å². The molecule has 1 aromatic heterocycles. The SMILES string of the molecule is CC(C)NC(=O)NC(=O)CSc1nnc(CN2CCCCC2)n1-c1ccccc1. The van der Waals surface area contributed by atoms with E-state index in [4.69, 9.17) is 0 Å². The number of carbonyl (C=O) groups is 2. The Morgan fingerprint density at radius 1 is 1.10 bits per heavy atom. The lowest BCUT2D eigenvalue weighted by atomic mass is 10.1. The number of nitrogens with zero attached hydrogens (tertiary/aromatic N) is 4. The first-order chi connectivity index (χ1) is 14.0. The Morgan fingerprint density at radius 2 is 1.83 bits per heavy atom. The minimum Gasteiger partial charge on any atom is -0.336 e. The summed E-state index contributed by atoms with van der Waals surface area (Å²) in [5.74, 6) is 0.576. The van der Waals surface area contributed by atoms with Crippen molar-refractivity contribution in [3.63, 3.8) is 0 Å². The molecule has 2 aromatic rings. The average Bonchev–Trinajstić information content (AvgIpc) is 3.09. The second-order valence-corrected chi connectivity index (χ2v) is 8.31. The monoisotopic (exact) mass is 416 g/mol. The van der Waals surface area contributed by atoms with Crippen molar-refractivity contribution in [3.05, 3.63) is 36.2 Å². The third kappa shape index (κ3) is 6.30. The van der Waals surface area contributed by atoms with E-state index >= 15 is 0 Å². The molecule has 3 rings (SSSR count). The number of urea groups is 1. The molecule has 1 fully saturated rings. The van der Waals surface area contributed by atoms with Gasteiger partial charge in [0.15, 0.2) is 11.0 Å². The van der Waals surface area contributed by atoms with Gasteiger partial charge in [0.05, 0.1) is 12.3 Å². The second-order valence-electron chi connectivity index (χ2n) is 7.37. The van der Waals surface area contributed by atoms with E-state index in [1.165, 1.54) is 31.0 Å². The van der Waals surface area contributed by atoms with E-state index in [0.717, 1.165) is 31.1 Å². The molecular formula is C20H28N6O2S. The Kier molecular flexibility index (Phi) is 7.65. The van der Waals surface area contributed by atoms with Crippen molar-refractivity contribution in [2.24, 2.45) is 0 Å². The Labute approximate surface area is 175 Å². The number of likely N-dealkylation sites (tertiary alicyclic amines) is 1. The molecule has 2 N–H and O–H groups in total. The van der Waals surface area contributed by atoms with Gasteiger partial charge in [0, 0.05) is 11.7 Å². The number of para-hydroxylation sites is 1. The molecular weight excluding hydrogens is 388 g/mol. The van der Waals surface area contributed by atoms with E-state index in [2.05, 4.69) is 25.7 Å². The number of piperidine rings is 1. The number of hydrogen-bond acceptors (Lipinski definition) is 6. The number of benzene rings is 1. The summed E-state index contributed by atoms with van der Waals surface area (Å²) >= 11 is 1.27. The lowest BCUT2D eigenvalue weighted by Crippen LogP contribution is -2.43. The fourth-order valence-electron chi connectivity index (χ4n) is 3.24. The van der Waals surface area contributed by atoms with E-state index in [1.54, 1.807) is 0 Å². The maximum atomic E-state index is 12.1. The number of rotatable bonds is 7. The van der Waals surface area contributed by atoms with E-state index in [1.807, 2.05) is 48.7 Å². The van der Waals surface area contributed by atoms with Crippen molar-refractivity contribution in [2.45, 2.75) is 50.9 Å². The highest BCUT2D eigenvalue weighted by molar-refractivity contribution is 7.99. The van der Waals surface area contributed by atoms with E-state index < -0.39 is 6.03 Å². The Morgan fingerprint density at radius 3 is 2.52 bits per heavy atom. The quantitative estimate of drug-likeness (QED) is 0.674. The molecule has 0 aliphatic carbocycles. The Balaban J connectivity index is 1.71. The van der Waals surface area contributed by atoms with Crippen molar-refractivity contribution in [2.75, 3.05) is 18.8 Å². The zero-order valence-corrected chi connectivity index (χ0v) is 17.7. The summed E-state index contributed by atoms with van der Waals surface area (Å²) < 4.78 is 2.00. The molecule has 8 nitrogen and oxygen atoms in total. The lowest BCUT2D eigenvalue weighted by molar-refractivity contribution is -0.117. The number of carbonyl (C=O) groups excluding carboxylic acids is 2. The first-order valence-electron chi connectivity index (χ1n) is 9.98. The molecule has 2 heterocycles. The van der Waals surface area contributed by atoms with Crippen LogP contribution in [0.3, 0.4) is 0 Å². The smallest absolute Gasteiger partial charge is 0.321 e. The van der Waals surface area contributed by atoms with Crippen molar-refractivity contribution in [1.29, 1.82) is 0 Å². The first kappa shape index (κ1) is 21.3. The standard InChI is InChI=1S/C20H28N6O2S/c1-15(2)21-19(28)22-18(27)14-29-20-24-23-17(13-25-11-7-4-8-12-25)26(20)16-9-5-3-6-10-16/h3,5-6,9-10,15H,4,7-8,11-14H2,1-2H3,(H2,21,22,27,28). The molecule has 1 aliphatic heterocycles. The number of amides is 3. The highest BCUT2D eigenvalue weighted by Gasteiger charge is 2.19. The Hall–Kier alpha value is -2.39. The third-order valence-corrected chi connectivity index (χ3v) is 5.46. The van der Waals surface area contributed by atoms with Crippen molar-refractivity contribution in [1.82, 2.24) is 30.3 Å². The number of imide groups is 1. The largest absolute Gasteiger partial charge is 0.336 e. The first-order valence-corrected chi connectivity index (χ1v) is 11.0. The molecule has 0 bridgehead atoms. The predicted molar refractivity (Wildman–Crippen MR) is 113 cm³/mol. The van der Waals surface area contributed by atoms with E-state index in [-0.39, 0.29) is 17.7 Å². The van der Waals surface area contributed by atoms with Gasteiger partial charge in [-0.3, -0.25) is 19.6 Å². The van der Waals surface area contributed by atoms with Crippen LogP contribution < -0.4 is 10.6 Å². The minimum atomic E-state index is -0.485. The molecule has 1 aromatic carbocycles. The zero-order valence-electron chi connectivity index (χ0n) is 16.9. The lowest BCUT2D eigenvalue weighted by Gasteiger charge is -2.26. The zero-order chi connectivity index (χ0) is 20.6. The maximum Gasteiger partial charge on any atom is 0.321 e. The average molecular weight is 417 g/mol.